The van der Waals surface area contributed by atoms with Crippen LogP contribution in [-0.2, 0) is 18.3 Å². The molecule has 0 aliphatic carbocycles. The van der Waals surface area contributed by atoms with Gasteiger partial charge in [0.05, 0.1) is 13.2 Å². The van der Waals surface area contributed by atoms with Gasteiger partial charge in [-0.2, -0.15) is 0 Å². The summed E-state index contributed by atoms with van der Waals surface area (Å²) in [5, 5.41) is 0.699. The van der Waals surface area contributed by atoms with Crippen LogP contribution in [-0.4, -0.2) is 38.1 Å². The van der Waals surface area contributed by atoms with Crippen molar-refractivity contribution in [3.05, 3.63) is 56.7 Å². The van der Waals surface area contributed by atoms with Gasteiger partial charge in [0.1, 0.15) is 0 Å². The van der Waals surface area contributed by atoms with Crippen LogP contribution in [0.15, 0.2) is 45.1 Å². The normalized spacial score (nSPS) is 11.3. The van der Waals surface area contributed by atoms with Crippen molar-refractivity contribution in [2.75, 3.05) is 19.0 Å². The second-order valence-corrected chi connectivity index (χ2v) is 6.56. The highest BCUT2D eigenvalue weighted by Gasteiger charge is 2.17. The van der Waals surface area contributed by atoms with Gasteiger partial charge in [-0.15, -0.1) is 0 Å². The summed E-state index contributed by atoms with van der Waals surface area (Å²) in [4.78, 5) is 31.1. The number of thioether (sulfide) groups is 1. The first-order valence-corrected chi connectivity index (χ1v) is 9.04. The molecular formula is C17H20N4O3S. The Labute approximate surface area is 148 Å². The number of nitrogens with one attached hydrogen (secondary N) is 1. The molecule has 0 aliphatic heterocycles. The fraction of sp³-hybridized carbons (Fsp3) is 0.353. The highest BCUT2D eigenvalue weighted by Crippen LogP contribution is 2.22. The Balaban J connectivity index is 2.07. The zero-order chi connectivity index (χ0) is 17.8. The minimum Gasteiger partial charge on any atom is -0.381 e. The first-order chi connectivity index (χ1) is 12.1. The Morgan fingerprint density at radius 1 is 1.24 bits per heavy atom. The number of aromatic nitrogens is 4. The van der Waals surface area contributed by atoms with Gasteiger partial charge in [0.2, 0.25) is 0 Å². The summed E-state index contributed by atoms with van der Waals surface area (Å²) in [6.07, 6.45) is 0. The van der Waals surface area contributed by atoms with Gasteiger partial charge in [0.25, 0.3) is 5.56 Å². The van der Waals surface area contributed by atoms with Crippen LogP contribution in [0.4, 0.5) is 0 Å². The minimum atomic E-state index is -0.465. The van der Waals surface area contributed by atoms with Crippen LogP contribution in [0.25, 0.3) is 11.2 Å². The lowest BCUT2D eigenvalue weighted by Gasteiger charge is -2.08. The van der Waals surface area contributed by atoms with Crippen molar-refractivity contribution in [1.82, 2.24) is 19.1 Å². The second kappa shape index (κ2) is 7.71. The van der Waals surface area contributed by atoms with E-state index >= 15 is 0 Å². The van der Waals surface area contributed by atoms with Crippen LogP contribution in [0, 0.1) is 0 Å². The van der Waals surface area contributed by atoms with Gasteiger partial charge in [0.15, 0.2) is 16.3 Å². The Morgan fingerprint density at radius 2 is 2.00 bits per heavy atom. The lowest BCUT2D eigenvalue weighted by Crippen LogP contribution is -2.29. The fourth-order valence-corrected chi connectivity index (χ4v) is 3.42. The summed E-state index contributed by atoms with van der Waals surface area (Å²) in [5.74, 6) is 0.720. The van der Waals surface area contributed by atoms with Gasteiger partial charge in [-0.1, -0.05) is 42.1 Å². The molecule has 0 saturated heterocycles. The molecule has 1 aromatic carbocycles. The van der Waals surface area contributed by atoms with Crippen LogP contribution >= 0.6 is 11.8 Å². The summed E-state index contributed by atoms with van der Waals surface area (Å²) in [6, 6.07) is 9.85. The maximum atomic E-state index is 12.4. The number of aromatic amines is 1. The second-order valence-electron chi connectivity index (χ2n) is 5.50. The third-order valence-electron chi connectivity index (χ3n) is 3.82. The zero-order valence-electron chi connectivity index (χ0n) is 14.2. The molecule has 0 fully saturated rings. The maximum absolute atomic E-state index is 12.4. The van der Waals surface area contributed by atoms with E-state index in [1.807, 2.05) is 41.8 Å². The zero-order valence-corrected chi connectivity index (χ0v) is 15.0. The van der Waals surface area contributed by atoms with Gasteiger partial charge in [-0.25, -0.2) is 9.78 Å². The Morgan fingerprint density at radius 3 is 2.72 bits per heavy atom. The number of hydrogen-bond acceptors (Lipinski definition) is 5. The molecule has 132 valence electrons. The fourth-order valence-electron chi connectivity index (χ4n) is 2.57. The highest BCUT2D eigenvalue weighted by atomic mass is 32.2. The average Bonchev–Trinajstić information content (AvgIpc) is 2.97. The number of nitrogens with zero attached hydrogens (tertiary/aromatic N) is 3. The lowest BCUT2D eigenvalue weighted by molar-refractivity contribution is 0.164. The standard InChI is InChI=1S/C17H20N4O3S/c1-3-24-9-10-25-17-18-14-13(15(22)19-16(23)20(14)2)21(17)11-12-7-5-4-6-8-12/h4-8H,3,9-11H2,1-2H3,(H,19,22,23). The lowest BCUT2D eigenvalue weighted by atomic mass is 10.2. The summed E-state index contributed by atoms with van der Waals surface area (Å²) in [6.45, 7) is 3.72. The van der Waals surface area contributed by atoms with Crippen molar-refractivity contribution in [2.45, 2.75) is 18.6 Å². The SMILES string of the molecule is CCOCCSc1nc2c(c(=O)[nH]c(=O)n2C)n1Cc1ccccc1. The maximum Gasteiger partial charge on any atom is 0.329 e. The number of rotatable bonds is 7. The number of fused-ring (bicyclic) bond motifs is 1. The first-order valence-electron chi connectivity index (χ1n) is 8.05. The van der Waals surface area contributed by atoms with Crippen LogP contribution in [0.2, 0.25) is 0 Å². The molecule has 0 aliphatic rings. The van der Waals surface area contributed by atoms with Crippen molar-refractivity contribution >= 4 is 22.9 Å². The van der Waals surface area contributed by atoms with Crippen LogP contribution < -0.4 is 11.2 Å². The number of ether oxygens (including phenoxy) is 1. The molecular weight excluding hydrogens is 340 g/mol. The molecule has 3 rings (SSSR count). The number of H-pyrrole nitrogens is 1. The van der Waals surface area contributed by atoms with E-state index in [4.69, 9.17) is 4.74 Å². The van der Waals surface area contributed by atoms with E-state index in [-0.39, 0.29) is 0 Å². The van der Waals surface area contributed by atoms with Crippen LogP contribution in [0.3, 0.4) is 0 Å². The molecule has 2 heterocycles. The molecule has 3 aromatic rings. The molecule has 0 unspecified atom stereocenters. The van der Waals surface area contributed by atoms with E-state index in [1.165, 1.54) is 16.3 Å². The molecule has 0 atom stereocenters. The van der Waals surface area contributed by atoms with E-state index < -0.39 is 11.2 Å². The molecule has 0 spiro atoms. The number of imidazole rings is 1. The molecule has 2 aromatic heterocycles. The highest BCUT2D eigenvalue weighted by molar-refractivity contribution is 7.99. The van der Waals surface area contributed by atoms with Crippen molar-refractivity contribution in [3.63, 3.8) is 0 Å². The Bertz CT molecular complexity index is 975. The molecule has 8 heteroatoms. The number of hydrogen-bond donors (Lipinski definition) is 1. The van der Waals surface area contributed by atoms with E-state index in [2.05, 4.69) is 9.97 Å². The van der Waals surface area contributed by atoms with Crippen molar-refractivity contribution in [2.24, 2.45) is 7.05 Å². The van der Waals surface area contributed by atoms with Gasteiger partial charge < -0.3 is 9.30 Å². The van der Waals surface area contributed by atoms with Crippen molar-refractivity contribution in [1.29, 1.82) is 0 Å². The predicted octanol–water partition coefficient (Wildman–Crippen LogP) is 1.60. The van der Waals surface area contributed by atoms with Gasteiger partial charge >= 0.3 is 5.69 Å². The summed E-state index contributed by atoms with van der Waals surface area (Å²) < 4.78 is 8.60. The van der Waals surface area contributed by atoms with E-state index in [1.54, 1.807) is 7.05 Å². The van der Waals surface area contributed by atoms with Crippen LogP contribution in [0.5, 0.6) is 0 Å². The molecule has 0 saturated carbocycles. The smallest absolute Gasteiger partial charge is 0.329 e. The molecule has 1 N–H and O–H groups in total. The molecule has 7 nitrogen and oxygen atoms in total. The largest absolute Gasteiger partial charge is 0.381 e. The predicted molar refractivity (Wildman–Crippen MR) is 98.4 cm³/mol. The van der Waals surface area contributed by atoms with Crippen molar-refractivity contribution < 1.29 is 4.74 Å². The van der Waals surface area contributed by atoms with E-state index in [9.17, 15) is 9.59 Å². The van der Waals surface area contributed by atoms with Crippen LogP contribution in [0.1, 0.15) is 12.5 Å². The first kappa shape index (κ1) is 17.5. The van der Waals surface area contributed by atoms with Gasteiger partial charge in [0, 0.05) is 19.4 Å². The minimum absolute atomic E-state index is 0.392. The van der Waals surface area contributed by atoms with E-state index in [0.29, 0.717) is 36.1 Å². The quantitative estimate of drug-likeness (QED) is 0.511. The summed E-state index contributed by atoms with van der Waals surface area (Å²) in [7, 11) is 1.61. The van der Waals surface area contributed by atoms with E-state index in [0.717, 1.165) is 11.3 Å². The van der Waals surface area contributed by atoms with Crippen molar-refractivity contribution in [3.8, 4) is 0 Å². The van der Waals surface area contributed by atoms with Gasteiger partial charge in [-0.3, -0.25) is 14.3 Å². The third kappa shape index (κ3) is 3.69. The molecule has 0 amide bonds. The summed E-state index contributed by atoms with van der Waals surface area (Å²) in [5.41, 5.74) is 0.973. The number of benzene rings is 1. The molecule has 0 radical (unpaired) electrons. The Kier molecular flexibility index (Phi) is 5.40. The topological polar surface area (TPSA) is 81.9 Å². The third-order valence-corrected chi connectivity index (χ3v) is 4.76. The summed E-state index contributed by atoms with van der Waals surface area (Å²) >= 11 is 1.51. The monoisotopic (exact) mass is 360 g/mol. The molecule has 25 heavy (non-hydrogen) atoms. The average molecular weight is 360 g/mol. The van der Waals surface area contributed by atoms with Gasteiger partial charge in [-0.05, 0) is 12.5 Å². The molecule has 0 bridgehead atoms. The Hall–Kier alpha value is -2.32. The number of aryl methyl sites for hydroxylation is 1.